The Morgan fingerprint density at radius 1 is 1.03 bits per heavy atom. The van der Waals surface area contributed by atoms with E-state index in [1.54, 1.807) is 19.0 Å². The van der Waals surface area contributed by atoms with Gasteiger partial charge < -0.3 is 24.2 Å². The molecule has 4 rings (SSSR count). The molecule has 7 nitrogen and oxygen atoms in total. The number of rotatable bonds is 5. The summed E-state index contributed by atoms with van der Waals surface area (Å²) in [4.78, 5) is 31.0. The van der Waals surface area contributed by atoms with Gasteiger partial charge in [-0.05, 0) is 43.0 Å². The number of nitrogens with zero attached hydrogens (tertiary/aromatic N) is 3. The van der Waals surface area contributed by atoms with E-state index in [2.05, 4.69) is 24.3 Å². The van der Waals surface area contributed by atoms with Gasteiger partial charge in [-0.2, -0.15) is 0 Å². The Morgan fingerprint density at radius 3 is 2.44 bits per heavy atom. The predicted molar refractivity (Wildman–Crippen MR) is 131 cm³/mol. The first-order chi connectivity index (χ1) is 16.5. The quantitative estimate of drug-likeness (QED) is 0.671. The first-order valence-electron chi connectivity index (χ1n) is 12.1. The predicted octanol–water partition coefficient (Wildman–Crippen LogP) is 3.93. The molecule has 2 aromatic rings. The molecule has 1 fully saturated rings. The number of urea groups is 1. The molecule has 0 aliphatic carbocycles. The van der Waals surface area contributed by atoms with Crippen molar-refractivity contribution >= 4 is 11.9 Å². The second-order valence-electron chi connectivity index (χ2n) is 9.16. The molecule has 0 N–H and O–H groups in total. The molecule has 1 saturated heterocycles. The molecule has 34 heavy (non-hydrogen) atoms. The lowest BCUT2D eigenvalue weighted by Gasteiger charge is -2.35. The second-order valence-corrected chi connectivity index (χ2v) is 9.16. The maximum absolute atomic E-state index is 13.4. The van der Waals surface area contributed by atoms with Crippen molar-refractivity contribution in [1.29, 1.82) is 0 Å². The number of ether oxygens (including phenoxy) is 2. The van der Waals surface area contributed by atoms with Crippen LogP contribution in [0.1, 0.15) is 42.6 Å². The van der Waals surface area contributed by atoms with Gasteiger partial charge in [0, 0.05) is 51.8 Å². The monoisotopic (exact) mass is 465 g/mol. The van der Waals surface area contributed by atoms with Crippen molar-refractivity contribution in [2.24, 2.45) is 5.92 Å². The van der Waals surface area contributed by atoms with E-state index in [0.717, 1.165) is 22.4 Å². The number of amides is 3. The SMILES string of the molecule is CCOC(c1ccccc1)c1ccc2c(c1)CN(C(=O)C1CCN(C(=O)N(C)C)CC1)CCO2. The molecule has 0 bridgehead atoms. The first-order valence-corrected chi connectivity index (χ1v) is 12.1. The smallest absolute Gasteiger partial charge is 0.319 e. The number of carbonyl (C=O) groups is 2. The van der Waals surface area contributed by atoms with E-state index < -0.39 is 0 Å². The summed E-state index contributed by atoms with van der Waals surface area (Å²) in [6, 6.07) is 16.4. The van der Waals surface area contributed by atoms with Crippen molar-refractivity contribution in [3.05, 3.63) is 65.2 Å². The summed E-state index contributed by atoms with van der Waals surface area (Å²) in [5, 5.41) is 0. The van der Waals surface area contributed by atoms with Crippen LogP contribution in [0.15, 0.2) is 48.5 Å². The fourth-order valence-corrected chi connectivity index (χ4v) is 4.80. The third-order valence-electron chi connectivity index (χ3n) is 6.61. The number of benzene rings is 2. The van der Waals surface area contributed by atoms with Crippen molar-refractivity contribution in [1.82, 2.24) is 14.7 Å². The molecule has 2 heterocycles. The topological polar surface area (TPSA) is 62.3 Å². The Labute approximate surface area is 202 Å². The summed E-state index contributed by atoms with van der Waals surface area (Å²) in [6.07, 6.45) is 1.23. The third-order valence-corrected chi connectivity index (χ3v) is 6.61. The number of carbonyl (C=O) groups excluding carboxylic acids is 2. The highest BCUT2D eigenvalue weighted by Crippen LogP contribution is 2.32. The number of likely N-dealkylation sites (tertiary alicyclic amines) is 1. The minimum atomic E-state index is -0.164. The summed E-state index contributed by atoms with van der Waals surface area (Å²) in [7, 11) is 3.52. The van der Waals surface area contributed by atoms with Gasteiger partial charge in [0.05, 0.1) is 6.54 Å². The number of hydrogen-bond donors (Lipinski definition) is 0. The van der Waals surface area contributed by atoms with Crippen LogP contribution >= 0.6 is 0 Å². The van der Waals surface area contributed by atoms with Crippen LogP contribution in [0.5, 0.6) is 5.75 Å². The van der Waals surface area contributed by atoms with Gasteiger partial charge >= 0.3 is 6.03 Å². The van der Waals surface area contributed by atoms with E-state index in [1.165, 1.54) is 0 Å². The van der Waals surface area contributed by atoms with E-state index in [4.69, 9.17) is 9.47 Å². The zero-order chi connectivity index (χ0) is 24.1. The molecular formula is C27H35N3O4. The average molecular weight is 466 g/mol. The fourth-order valence-electron chi connectivity index (χ4n) is 4.80. The first kappa shape index (κ1) is 24.1. The molecule has 7 heteroatoms. The average Bonchev–Trinajstić information content (AvgIpc) is 3.09. The molecule has 0 spiro atoms. The molecule has 0 aromatic heterocycles. The van der Waals surface area contributed by atoms with Gasteiger partial charge in [-0.3, -0.25) is 4.79 Å². The lowest BCUT2D eigenvalue weighted by atomic mass is 9.95. The van der Waals surface area contributed by atoms with Crippen molar-refractivity contribution < 1.29 is 19.1 Å². The van der Waals surface area contributed by atoms with Gasteiger partial charge in [-0.25, -0.2) is 4.79 Å². The number of hydrogen-bond acceptors (Lipinski definition) is 4. The summed E-state index contributed by atoms with van der Waals surface area (Å²) in [6.45, 7) is 5.40. The number of piperidine rings is 1. The highest BCUT2D eigenvalue weighted by molar-refractivity contribution is 5.80. The maximum Gasteiger partial charge on any atom is 0.319 e. The van der Waals surface area contributed by atoms with Gasteiger partial charge in [0.2, 0.25) is 5.91 Å². The van der Waals surface area contributed by atoms with Gasteiger partial charge in [0.25, 0.3) is 0 Å². The Kier molecular flexibility index (Phi) is 7.73. The van der Waals surface area contributed by atoms with Crippen LogP contribution in [0.25, 0.3) is 0 Å². The second kappa shape index (κ2) is 10.9. The molecule has 3 amide bonds. The highest BCUT2D eigenvalue weighted by atomic mass is 16.5. The Morgan fingerprint density at radius 2 is 1.76 bits per heavy atom. The van der Waals surface area contributed by atoms with Crippen molar-refractivity contribution in [3.8, 4) is 5.75 Å². The van der Waals surface area contributed by atoms with Crippen molar-refractivity contribution in [2.45, 2.75) is 32.4 Å². The number of fused-ring (bicyclic) bond motifs is 1. The normalized spacial score (nSPS) is 17.4. The van der Waals surface area contributed by atoms with Crippen LogP contribution in [-0.4, -0.2) is 73.6 Å². The van der Waals surface area contributed by atoms with Crippen LogP contribution in [-0.2, 0) is 16.1 Å². The van der Waals surface area contributed by atoms with E-state index in [9.17, 15) is 9.59 Å². The van der Waals surface area contributed by atoms with Crippen LogP contribution in [0.2, 0.25) is 0 Å². The van der Waals surface area contributed by atoms with E-state index in [-0.39, 0.29) is 24.0 Å². The van der Waals surface area contributed by atoms with Crippen LogP contribution < -0.4 is 4.74 Å². The zero-order valence-corrected chi connectivity index (χ0v) is 20.4. The lowest BCUT2D eigenvalue weighted by molar-refractivity contribution is -0.137. The molecule has 1 unspecified atom stereocenters. The van der Waals surface area contributed by atoms with Crippen molar-refractivity contribution in [3.63, 3.8) is 0 Å². The standard InChI is InChI=1S/C27H35N3O4/c1-4-33-25(20-8-6-5-7-9-20)22-10-11-24-23(18-22)19-30(16-17-34-24)26(31)21-12-14-29(15-13-21)27(32)28(2)3/h5-11,18,21,25H,4,12-17,19H2,1-3H3. The van der Waals surface area contributed by atoms with Gasteiger partial charge in [0.15, 0.2) is 0 Å². The maximum atomic E-state index is 13.4. The van der Waals surface area contributed by atoms with Crippen LogP contribution in [0.4, 0.5) is 4.79 Å². The molecule has 2 aliphatic rings. The Balaban J connectivity index is 1.48. The van der Waals surface area contributed by atoms with Gasteiger partial charge in [0.1, 0.15) is 18.5 Å². The molecule has 0 radical (unpaired) electrons. The molecule has 0 saturated carbocycles. The summed E-state index contributed by atoms with van der Waals surface area (Å²) < 4.78 is 12.1. The van der Waals surface area contributed by atoms with Crippen molar-refractivity contribution in [2.75, 3.05) is 46.9 Å². The lowest BCUT2D eigenvalue weighted by Crippen LogP contribution is -2.47. The van der Waals surface area contributed by atoms with E-state index in [0.29, 0.717) is 52.2 Å². The molecule has 2 aromatic carbocycles. The Hall–Kier alpha value is -3.06. The molecule has 182 valence electrons. The molecule has 2 aliphatic heterocycles. The molecular weight excluding hydrogens is 430 g/mol. The summed E-state index contributed by atoms with van der Waals surface area (Å²) in [5.74, 6) is 0.924. The Bertz CT molecular complexity index is 987. The van der Waals surface area contributed by atoms with E-state index in [1.807, 2.05) is 41.0 Å². The third kappa shape index (κ3) is 5.36. The fraction of sp³-hybridized carbons (Fsp3) is 0.481. The highest BCUT2D eigenvalue weighted by Gasteiger charge is 2.32. The summed E-state index contributed by atoms with van der Waals surface area (Å²) >= 11 is 0. The zero-order valence-electron chi connectivity index (χ0n) is 20.4. The minimum absolute atomic E-state index is 0.0118. The van der Waals surface area contributed by atoms with Crippen LogP contribution in [0, 0.1) is 5.92 Å². The largest absolute Gasteiger partial charge is 0.491 e. The van der Waals surface area contributed by atoms with Crippen LogP contribution in [0.3, 0.4) is 0 Å². The molecule has 1 atom stereocenters. The van der Waals surface area contributed by atoms with E-state index >= 15 is 0 Å². The minimum Gasteiger partial charge on any atom is -0.491 e. The van der Waals surface area contributed by atoms with Gasteiger partial charge in [-0.1, -0.05) is 36.4 Å². The van der Waals surface area contributed by atoms with Gasteiger partial charge in [-0.15, -0.1) is 0 Å². The summed E-state index contributed by atoms with van der Waals surface area (Å²) in [5.41, 5.74) is 3.16.